The first kappa shape index (κ1) is 22.5. The lowest BCUT2D eigenvalue weighted by atomic mass is 10.1. The van der Waals surface area contributed by atoms with Gasteiger partial charge in [0.2, 0.25) is 17.6 Å². The van der Waals surface area contributed by atoms with Crippen LogP contribution in [0.25, 0.3) is 17.1 Å². The first-order valence-electron chi connectivity index (χ1n) is 9.64. The Labute approximate surface area is 190 Å². The standard InChI is InChI=1S/C21H17F3N6O2S/c1-12-27-28-20(30(12)17-8-4-7-16(10-17)25-13(2)31)33-11-18-26-19(29-32-18)14-5-3-6-15(9-14)21(22,23)24/h3-10H,11H2,1-2H3,(H,25,31). The second kappa shape index (κ2) is 9.06. The minimum Gasteiger partial charge on any atom is -0.338 e. The van der Waals surface area contributed by atoms with E-state index in [1.165, 1.54) is 30.8 Å². The van der Waals surface area contributed by atoms with Gasteiger partial charge in [0, 0.05) is 18.2 Å². The number of halogens is 3. The fourth-order valence-electron chi connectivity index (χ4n) is 3.05. The molecular weight excluding hydrogens is 457 g/mol. The maximum absolute atomic E-state index is 13.0. The van der Waals surface area contributed by atoms with E-state index in [1.807, 2.05) is 6.07 Å². The van der Waals surface area contributed by atoms with Gasteiger partial charge in [-0.05, 0) is 37.3 Å². The number of benzene rings is 2. The highest BCUT2D eigenvalue weighted by Crippen LogP contribution is 2.32. The molecule has 0 atom stereocenters. The third kappa shape index (κ3) is 5.22. The second-order valence-electron chi connectivity index (χ2n) is 6.98. The highest BCUT2D eigenvalue weighted by molar-refractivity contribution is 7.98. The van der Waals surface area contributed by atoms with E-state index in [2.05, 4.69) is 25.7 Å². The molecule has 0 unspecified atom stereocenters. The molecule has 1 N–H and O–H groups in total. The molecule has 0 fully saturated rings. The lowest BCUT2D eigenvalue weighted by molar-refractivity contribution is -0.137. The zero-order valence-electron chi connectivity index (χ0n) is 17.4. The Morgan fingerprint density at radius 1 is 1.15 bits per heavy atom. The number of nitrogens with zero attached hydrogens (tertiary/aromatic N) is 5. The van der Waals surface area contributed by atoms with Gasteiger partial charge in [-0.15, -0.1) is 10.2 Å². The maximum atomic E-state index is 13.0. The Morgan fingerprint density at radius 3 is 2.70 bits per heavy atom. The zero-order chi connectivity index (χ0) is 23.6. The van der Waals surface area contributed by atoms with E-state index in [-0.39, 0.29) is 28.9 Å². The first-order chi connectivity index (χ1) is 15.7. The summed E-state index contributed by atoms with van der Waals surface area (Å²) in [5, 5.41) is 15.4. The number of hydrogen-bond acceptors (Lipinski definition) is 7. The molecule has 0 saturated carbocycles. The van der Waals surface area contributed by atoms with Gasteiger partial charge in [-0.1, -0.05) is 35.1 Å². The van der Waals surface area contributed by atoms with Crippen molar-refractivity contribution in [3.8, 4) is 17.1 Å². The molecule has 0 radical (unpaired) electrons. The molecule has 170 valence electrons. The van der Waals surface area contributed by atoms with Crippen LogP contribution in [-0.4, -0.2) is 30.8 Å². The van der Waals surface area contributed by atoms with Gasteiger partial charge in [0.15, 0.2) is 5.16 Å². The average Bonchev–Trinajstić information content (AvgIpc) is 3.38. The van der Waals surface area contributed by atoms with Crippen LogP contribution in [0.5, 0.6) is 0 Å². The largest absolute Gasteiger partial charge is 0.416 e. The van der Waals surface area contributed by atoms with Crippen molar-refractivity contribution in [3.05, 3.63) is 65.8 Å². The molecule has 2 aromatic heterocycles. The number of thioether (sulfide) groups is 1. The van der Waals surface area contributed by atoms with Crippen LogP contribution < -0.4 is 5.32 Å². The number of rotatable bonds is 6. The van der Waals surface area contributed by atoms with Gasteiger partial charge in [0.05, 0.1) is 17.0 Å². The Morgan fingerprint density at radius 2 is 1.94 bits per heavy atom. The molecule has 1 amide bonds. The molecule has 4 aromatic rings. The number of anilines is 1. The molecule has 0 spiro atoms. The zero-order valence-corrected chi connectivity index (χ0v) is 18.2. The van der Waals surface area contributed by atoms with Crippen molar-refractivity contribution < 1.29 is 22.5 Å². The van der Waals surface area contributed by atoms with E-state index in [0.29, 0.717) is 16.7 Å². The number of carbonyl (C=O) groups excluding carboxylic acids is 1. The summed E-state index contributed by atoms with van der Waals surface area (Å²) < 4.78 is 45.9. The van der Waals surface area contributed by atoms with E-state index < -0.39 is 11.7 Å². The van der Waals surface area contributed by atoms with Gasteiger partial charge in [-0.25, -0.2) is 0 Å². The average molecular weight is 474 g/mol. The summed E-state index contributed by atoms with van der Waals surface area (Å²) >= 11 is 1.28. The summed E-state index contributed by atoms with van der Waals surface area (Å²) in [5.41, 5.74) is 0.803. The summed E-state index contributed by atoms with van der Waals surface area (Å²) in [6.07, 6.45) is -4.46. The highest BCUT2D eigenvalue weighted by atomic mass is 32.2. The van der Waals surface area contributed by atoms with Gasteiger partial charge >= 0.3 is 6.18 Å². The molecule has 0 aliphatic heterocycles. The third-order valence-electron chi connectivity index (χ3n) is 4.46. The van der Waals surface area contributed by atoms with Gasteiger partial charge in [0.1, 0.15) is 5.82 Å². The smallest absolute Gasteiger partial charge is 0.338 e. The molecule has 0 bridgehead atoms. The van der Waals surface area contributed by atoms with Crippen LogP contribution >= 0.6 is 11.8 Å². The molecule has 33 heavy (non-hydrogen) atoms. The molecule has 8 nitrogen and oxygen atoms in total. The lowest BCUT2D eigenvalue weighted by Crippen LogP contribution is -2.07. The Kier molecular flexibility index (Phi) is 6.18. The molecule has 0 saturated heterocycles. The monoisotopic (exact) mass is 474 g/mol. The molecular formula is C21H17F3N6O2S. The number of nitrogens with one attached hydrogen (secondary N) is 1. The fourth-order valence-corrected chi connectivity index (χ4v) is 3.89. The third-order valence-corrected chi connectivity index (χ3v) is 5.37. The molecule has 0 aliphatic rings. The Balaban J connectivity index is 1.52. The van der Waals surface area contributed by atoms with Crippen molar-refractivity contribution in [1.82, 2.24) is 24.9 Å². The van der Waals surface area contributed by atoms with Crippen LogP contribution in [0.1, 0.15) is 24.2 Å². The lowest BCUT2D eigenvalue weighted by Gasteiger charge is -2.10. The number of amides is 1. The maximum Gasteiger partial charge on any atom is 0.416 e. The summed E-state index contributed by atoms with van der Waals surface area (Å²) in [4.78, 5) is 15.6. The molecule has 2 aromatic carbocycles. The quantitative estimate of drug-likeness (QED) is 0.397. The Bertz CT molecular complexity index is 1300. The predicted molar refractivity (Wildman–Crippen MR) is 115 cm³/mol. The van der Waals surface area contributed by atoms with Crippen LogP contribution in [-0.2, 0) is 16.7 Å². The normalized spacial score (nSPS) is 11.5. The predicted octanol–water partition coefficient (Wildman–Crippen LogP) is 4.90. The topological polar surface area (TPSA) is 98.7 Å². The Hall–Kier alpha value is -3.67. The van der Waals surface area contributed by atoms with Crippen molar-refractivity contribution in [3.63, 3.8) is 0 Å². The summed E-state index contributed by atoms with van der Waals surface area (Å²) in [7, 11) is 0. The van der Waals surface area contributed by atoms with Gasteiger partial charge in [-0.3, -0.25) is 9.36 Å². The van der Waals surface area contributed by atoms with Crippen molar-refractivity contribution in [2.75, 3.05) is 5.32 Å². The van der Waals surface area contributed by atoms with Crippen LogP contribution in [0.3, 0.4) is 0 Å². The van der Waals surface area contributed by atoms with E-state index in [4.69, 9.17) is 4.52 Å². The van der Waals surface area contributed by atoms with Crippen molar-refractivity contribution in [2.45, 2.75) is 30.9 Å². The summed E-state index contributed by atoms with van der Waals surface area (Å²) in [6.45, 7) is 3.22. The van der Waals surface area contributed by atoms with Crippen molar-refractivity contribution in [2.24, 2.45) is 0 Å². The summed E-state index contributed by atoms with van der Waals surface area (Å²) in [5.74, 6) is 0.974. The van der Waals surface area contributed by atoms with Gasteiger partial charge in [0.25, 0.3) is 0 Å². The number of aryl methyl sites for hydroxylation is 1. The minimum absolute atomic E-state index is 0.0670. The van der Waals surface area contributed by atoms with E-state index in [1.54, 1.807) is 29.7 Å². The van der Waals surface area contributed by atoms with Crippen LogP contribution in [0.2, 0.25) is 0 Å². The van der Waals surface area contributed by atoms with Crippen molar-refractivity contribution >= 4 is 23.4 Å². The molecule has 2 heterocycles. The first-order valence-corrected chi connectivity index (χ1v) is 10.6. The van der Waals surface area contributed by atoms with E-state index in [9.17, 15) is 18.0 Å². The number of carbonyl (C=O) groups is 1. The SMILES string of the molecule is CC(=O)Nc1cccc(-n2c(C)nnc2SCc2nc(-c3cccc(C(F)(F)F)c3)no2)c1. The van der Waals surface area contributed by atoms with Crippen LogP contribution in [0.4, 0.5) is 18.9 Å². The molecule has 0 aliphatic carbocycles. The van der Waals surface area contributed by atoms with Gasteiger partial charge in [-0.2, -0.15) is 18.2 Å². The minimum atomic E-state index is -4.46. The highest BCUT2D eigenvalue weighted by Gasteiger charge is 2.30. The molecule has 12 heteroatoms. The van der Waals surface area contributed by atoms with Gasteiger partial charge < -0.3 is 9.84 Å². The number of alkyl halides is 3. The number of aromatic nitrogens is 5. The van der Waals surface area contributed by atoms with E-state index >= 15 is 0 Å². The van der Waals surface area contributed by atoms with Crippen LogP contribution in [0.15, 0.2) is 58.2 Å². The molecule has 4 rings (SSSR count). The fraction of sp³-hybridized carbons (Fsp3) is 0.190. The second-order valence-corrected chi connectivity index (χ2v) is 7.92. The summed E-state index contributed by atoms with van der Waals surface area (Å²) in [6, 6.07) is 12.0. The number of hydrogen-bond donors (Lipinski definition) is 1. The van der Waals surface area contributed by atoms with E-state index in [0.717, 1.165) is 17.8 Å². The van der Waals surface area contributed by atoms with Crippen LogP contribution in [0, 0.1) is 6.92 Å². The van der Waals surface area contributed by atoms with Crippen molar-refractivity contribution in [1.29, 1.82) is 0 Å².